The van der Waals surface area contributed by atoms with Gasteiger partial charge in [0, 0.05) is 51.4 Å². The zero-order chi connectivity index (χ0) is 11.0. The third kappa shape index (κ3) is 1.99. The van der Waals surface area contributed by atoms with Crippen LogP contribution in [0.4, 0.5) is 0 Å². The van der Waals surface area contributed by atoms with Crippen molar-refractivity contribution >= 4 is 0 Å². The predicted octanol–water partition coefficient (Wildman–Crippen LogP) is -0.511. The van der Waals surface area contributed by atoms with Gasteiger partial charge in [-0.25, -0.2) is 0 Å². The fourth-order valence-electron chi connectivity index (χ4n) is 3.31. The van der Waals surface area contributed by atoms with Gasteiger partial charge in [-0.2, -0.15) is 0 Å². The summed E-state index contributed by atoms with van der Waals surface area (Å²) in [5, 5.41) is 13.2. The molecule has 16 heavy (non-hydrogen) atoms. The Labute approximate surface area is 97.6 Å². The first kappa shape index (κ1) is 11.0. The zero-order valence-electron chi connectivity index (χ0n) is 9.94. The van der Waals surface area contributed by atoms with Gasteiger partial charge in [0.2, 0.25) is 0 Å². The average molecular weight is 225 g/mol. The Kier molecular flexibility index (Phi) is 3.16. The van der Waals surface area contributed by atoms with Gasteiger partial charge in [0.15, 0.2) is 0 Å². The molecule has 0 radical (unpaired) electrons. The lowest BCUT2D eigenvalue weighted by Crippen LogP contribution is -2.62. The first-order chi connectivity index (χ1) is 7.84. The minimum Gasteiger partial charge on any atom is -0.391 e. The van der Waals surface area contributed by atoms with Crippen LogP contribution in [0.2, 0.25) is 0 Å². The van der Waals surface area contributed by atoms with Gasteiger partial charge in [0.05, 0.1) is 6.10 Å². The summed E-state index contributed by atoms with van der Waals surface area (Å²) in [5.74, 6) is 0. The summed E-state index contributed by atoms with van der Waals surface area (Å²) in [6.07, 6.45) is 3.36. The second-order valence-electron chi connectivity index (χ2n) is 5.45. The predicted molar refractivity (Wildman–Crippen MR) is 63.4 cm³/mol. The number of piperazine rings is 1. The van der Waals surface area contributed by atoms with E-state index in [2.05, 4.69) is 15.1 Å². The molecule has 2 heterocycles. The van der Waals surface area contributed by atoms with Crippen LogP contribution < -0.4 is 5.32 Å². The molecular weight excluding hydrogens is 202 g/mol. The van der Waals surface area contributed by atoms with Crippen molar-refractivity contribution in [3.05, 3.63) is 0 Å². The molecule has 4 nitrogen and oxygen atoms in total. The number of aliphatic hydroxyl groups excluding tert-OH is 1. The molecule has 0 spiro atoms. The number of rotatable bonds is 2. The van der Waals surface area contributed by atoms with E-state index in [0.29, 0.717) is 6.04 Å². The van der Waals surface area contributed by atoms with Crippen molar-refractivity contribution in [2.24, 2.45) is 0 Å². The van der Waals surface area contributed by atoms with Gasteiger partial charge < -0.3 is 10.4 Å². The van der Waals surface area contributed by atoms with Crippen molar-refractivity contribution in [2.75, 3.05) is 39.3 Å². The van der Waals surface area contributed by atoms with Crippen LogP contribution in [0.15, 0.2) is 0 Å². The SMILES string of the molecule is OC1CCCC1N1CCN(C2CNC2)CC1. The molecule has 0 aromatic carbocycles. The van der Waals surface area contributed by atoms with E-state index in [4.69, 9.17) is 0 Å². The lowest BCUT2D eigenvalue weighted by molar-refractivity contribution is 0.0156. The average Bonchev–Trinajstić information content (AvgIpc) is 2.63. The van der Waals surface area contributed by atoms with E-state index in [9.17, 15) is 5.11 Å². The van der Waals surface area contributed by atoms with E-state index >= 15 is 0 Å². The highest BCUT2D eigenvalue weighted by atomic mass is 16.3. The van der Waals surface area contributed by atoms with Crippen molar-refractivity contribution in [2.45, 2.75) is 37.5 Å². The summed E-state index contributed by atoms with van der Waals surface area (Å²) in [5.41, 5.74) is 0. The Morgan fingerprint density at radius 2 is 1.62 bits per heavy atom. The van der Waals surface area contributed by atoms with Gasteiger partial charge in [-0.3, -0.25) is 9.80 Å². The van der Waals surface area contributed by atoms with Gasteiger partial charge in [-0.15, -0.1) is 0 Å². The first-order valence-electron chi connectivity index (χ1n) is 6.71. The molecule has 2 aliphatic heterocycles. The highest BCUT2D eigenvalue weighted by molar-refractivity contribution is 4.91. The van der Waals surface area contributed by atoms with Crippen LogP contribution in [-0.2, 0) is 0 Å². The summed E-state index contributed by atoms with van der Waals surface area (Å²) < 4.78 is 0. The lowest BCUT2D eigenvalue weighted by Gasteiger charge is -2.45. The molecule has 1 aliphatic carbocycles. The summed E-state index contributed by atoms with van der Waals surface area (Å²) in [6.45, 7) is 7.03. The quantitative estimate of drug-likeness (QED) is 0.664. The molecule has 2 unspecified atom stereocenters. The van der Waals surface area contributed by atoms with Gasteiger partial charge in [-0.1, -0.05) is 0 Å². The van der Waals surface area contributed by atoms with E-state index in [1.807, 2.05) is 0 Å². The number of hydrogen-bond acceptors (Lipinski definition) is 4. The van der Waals surface area contributed by atoms with Crippen molar-refractivity contribution in [1.82, 2.24) is 15.1 Å². The third-order valence-corrected chi connectivity index (χ3v) is 4.54. The van der Waals surface area contributed by atoms with Crippen molar-refractivity contribution < 1.29 is 5.11 Å². The maximum atomic E-state index is 9.91. The first-order valence-corrected chi connectivity index (χ1v) is 6.71. The van der Waals surface area contributed by atoms with Crippen LogP contribution in [0.1, 0.15) is 19.3 Å². The minimum atomic E-state index is -0.0584. The highest BCUT2D eigenvalue weighted by Gasteiger charge is 2.34. The molecule has 2 saturated heterocycles. The van der Waals surface area contributed by atoms with E-state index in [0.717, 1.165) is 25.6 Å². The Hall–Kier alpha value is -0.160. The van der Waals surface area contributed by atoms with Gasteiger partial charge in [0.1, 0.15) is 0 Å². The molecule has 92 valence electrons. The molecule has 3 fully saturated rings. The van der Waals surface area contributed by atoms with E-state index < -0.39 is 0 Å². The van der Waals surface area contributed by atoms with E-state index in [1.54, 1.807) is 0 Å². The van der Waals surface area contributed by atoms with Crippen LogP contribution in [0, 0.1) is 0 Å². The maximum Gasteiger partial charge on any atom is 0.0695 e. The Morgan fingerprint density at radius 1 is 0.938 bits per heavy atom. The second-order valence-corrected chi connectivity index (χ2v) is 5.45. The fourth-order valence-corrected chi connectivity index (χ4v) is 3.31. The number of aliphatic hydroxyl groups is 1. The van der Waals surface area contributed by atoms with Crippen LogP contribution >= 0.6 is 0 Å². The summed E-state index contributed by atoms with van der Waals surface area (Å²) in [6, 6.07) is 1.25. The van der Waals surface area contributed by atoms with Crippen molar-refractivity contribution in [3.63, 3.8) is 0 Å². The molecule has 1 saturated carbocycles. The van der Waals surface area contributed by atoms with Gasteiger partial charge >= 0.3 is 0 Å². The normalized spacial score (nSPS) is 38.8. The highest BCUT2D eigenvalue weighted by Crippen LogP contribution is 2.25. The summed E-state index contributed by atoms with van der Waals surface area (Å²) >= 11 is 0. The largest absolute Gasteiger partial charge is 0.391 e. The van der Waals surface area contributed by atoms with Crippen LogP contribution in [0.25, 0.3) is 0 Å². The summed E-state index contributed by atoms with van der Waals surface area (Å²) in [7, 11) is 0. The maximum absolute atomic E-state index is 9.91. The fraction of sp³-hybridized carbons (Fsp3) is 1.00. The van der Waals surface area contributed by atoms with E-state index in [-0.39, 0.29) is 6.10 Å². The third-order valence-electron chi connectivity index (χ3n) is 4.54. The molecule has 0 bridgehead atoms. The van der Waals surface area contributed by atoms with Gasteiger partial charge in [0.25, 0.3) is 0 Å². The van der Waals surface area contributed by atoms with Gasteiger partial charge in [-0.05, 0) is 19.3 Å². The Morgan fingerprint density at radius 3 is 2.12 bits per heavy atom. The molecular formula is C12H23N3O. The molecule has 0 aromatic heterocycles. The molecule has 0 aromatic rings. The van der Waals surface area contributed by atoms with Crippen molar-refractivity contribution in [3.8, 4) is 0 Å². The Balaban J connectivity index is 1.49. The van der Waals surface area contributed by atoms with E-state index in [1.165, 1.54) is 39.0 Å². The monoisotopic (exact) mass is 225 g/mol. The van der Waals surface area contributed by atoms with Crippen LogP contribution in [-0.4, -0.2) is 72.4 Å². The summed E-state index contributed by atoms with van der Waals surface area (Å²) in [4.78, 5) is 5.12. The second kappa shape index (κ2) is 4.61. The topological polar surface area (TPSA) is 38.7 Å². The lowest BCUT2D eigenvalue weighted by atomic mass is 10.1. The minimum absolute atomic E-state index is 0.0584. The molecule has 0 amide bonds. The smallest absolute Gasteiger partial charge is 0.0695 e. The molecule has 3 aliphatic rings. The van der Waals surface area contributed by atoms with Crippen molar-refractivity contribution in [1.29, 1.82) is 0 Å². The number of nitrogens with zero attached hydrogens (tertiary/aromatic N) is 2. The number of nitrogens with one attached hydrogen (secondary N) is 1. The standard InChI is InChI=1S/C12H23N3O/c16-12-3-1-2-11(12)15-6-4-14(5-7-15)10-8-13-9-10/h10-13,16H,1-9H2. The van der Waals surface area contributed by atoms with Crippen LogP contribution in [0.5, 0.6) is 0 Å². The number of hydrogen-bond donors (Lipinski definition) is 2. The molecule has 2 atom stereocenters. The Bertz CT molecular complexity index is 236. The van der Waals surface area contributed by atoms with Crippen LogP contribution in [0.3, 0.4) is 0 Å². The molecule has 3 rings (SSSR count). The molecule has 2 N–H and O–H groups in total. The molecule has 4 heteroatoms. The zero-order valence-corrected chi connectivity index (χ0v) is 9.94.